The van der Waals surface area contributed by atoms with Crippen LogP contribution in [0.5, 0.6) is 5.75 Å². The number of nitrogens with two attached hydrogens (primary N) is 1. The van der Waals surface area contributed by atoms with E-state index in [1.165, 1.54) is 18.4 Å². The SMILES string of the molecule is CS(=O)(=O)CC[C@@H]1CO[C@H](COc2c(F)cccc2N[C@H](C(N)=O)C(c2ccccc2)c2ccccc2)CN1. The Kier molecular flexibility index (Phi) is 9.55. The number of morpholine rings is 1. The van der Waals surface area contributed by atoms with Crippen LogP contribution in [-0.2, 0) is 19.4 Å². The average molecular weight is 556 g/mol. The lowest BCUT2D eigenvalue weighted by Crippen LogP contribution is -2.49. The molecule has 0 aliphatic carbocycles. The highest BCUT2D eigenvalue weighted by molar-refractivity contribution is 7.90. The van der Waals surface area contributed by atoms with Crippen LogP contribution < -0.4 is 21.1 Å². The molecule has 3 aromatic rings. The summed E-state index contributed by atoms with van der Waals surface area (Å²) in [6, 6.07) is 22.5. The molecule has 4 rings (SSSR count). The largest absolute Gasteiger partial charge is 0.486 e. The Hall–Kier alpha value is -3.47. The molecular formula is C29H34FN3O5S. The highest BCUT2D eigenvalue weighted by Gasteiger charge is 2.31. The van der Waals surface area contributed by atoms with Crippen LogP contribution in [0.2, 0.25) is 0 Å². The van der Waals surface area contributed by atoms with Gasteiger partial charge < -0.3 is 25.8 Å². The first kappa shape index (κ1) is 28.5. The number of nitrogens with one attached hydrogen (secondary N) is 2. The minimum absolute atomic E-state index is 0.0357. The van der Waals surface area contributed by atoms with Crippen molar-refractivity contribution in [2.75, 3.05) is 37.1 Å². The van der Waals surface area contributed by atoms with Crippen molar-refractivity contribution in [3.05, 3.63) is 95.8 Å². The molecule has 0 aromatic heterocycles. The molecule has 1 aliphatic heterocycles. The summed E-state index contributed by atoms with van der Waals surface area (Å²) in [7, 11) is -3.05. The Morgan fingerprint density at radius 3 is 2.26 bits per heavy atom. The fourth-order valence-electron chi connectivity index (χ4n) is 4.65. The maximum Gasteiger partial charge on any atom is 0.240 e. The summed E-state index contributed by atoms with van der Waals surface area (Å²) in [6.07, 6.45) is 1.30. The zero-order valence-electron chi connectivity index (χ0n) is 21.8. The van der Waals surface area contributed by atoms with Crippen molar-refractivity contribution in [3.8, 4) is 5.75 Å². The third kappa shape index (κ3) is 8.01. The lowest BCUT2D eigenvalue weighted by Gasteiger charge is -2.31. The van der Waals surface area contributed by atoms with E-state index in [4.69, 9.17) is 15.2 Å². The van der Waals surface area contributed by atoms with E-state index in [0.717, 1.165) is 11.1 Å². The van der Waals surface area contributed by atoms with Crippen LogP contribution in [0.3, 0.4) is 0 Å². The number of hydrogen-bond acceptors (Lipinski definition) is 7. The first-order valence-electron chi connectivity index (χ1n) is 12.8. The van der Waals surface area contributed by atoms with Crippen molar-refractivity contribution in [2.45, 2.75) is 30.5 Å². The number of halogens is 1. The number of carbonyl (C=O) groups excluding carboxylic acids is 1. The third-order valence-corrected chi connectivity index (χ3v) is 7.63. The number of benzene rings is 3. The number of carbonyl (C=O) groups is 1. The van der Waals surface area contributed by atoms with E-state index in [0.29, 0.717) is 25.3 Å². The Morgan fingerprint density at radius 1 is 1.08 bits per heavy atom. The van der Waals surface area contributed by atoms with Crippen LogP contribution in [0.15, 0.2) is 78.9 Å². The zero-order chi connectivity index (χ0) is 27.8. The predicted octanol–water partition coefficient (Wildman–Crippen LogP) is 3.09. The van der Waals surface area contributed by atoms with Gasteiger partial charge in [0.25, 0.3) is 0 Å². The first-order chi connectivity index (χ1) is 18.7. The number of amides is 1. The summed E-state index contributed by atoms with van der Waals surface area (Å²) in [4.78, 5) is 12.8. The molecule has 3 aromatic carbocycles. The predicted molar refractivity (Wildman–Crippen MR) is 149 cm³/mol. The lowest BCUT2D eigenvalue weighted by molar-refractivity contribution is -0.119. The summed E-state index contributed by atoms with van der Waals surface area (Å²) in [5, 5.41) is 6.42. The van der Waals surface area contributed by atoms with Crippen molar-refractivity contribution in [2.24, 2.45) is 5.73 Å². The molecule has 0 unspecified atom stereocenters. The molecule has 0 spiro atoms. The highest BCUT2D eigenvalue weighted by atomic mass is 32.2. The monoisotopic (exact) mass is 555 g/mol. The molecule has 8 nitrogen and oxygen atoms in total. The van der Waals surface area contributed by atoms with Crippen molar-refractivity contribution in [1.29, 1.82) is 0 Å². The number of sulfone groups is 1. The van der Waals surface area contributed by atoms with Gasteiger partial charge in [-0.3, -0.25) is 4.79 Å². The van der Waals surface area contributed by atoms with Gasteiger partial charge in [0.15, 0.2) is 11.6 Å². The second-order valence-electron chi connectivity index (χ2n) is 9.73. The van der Waals surface area contributed by atoms with Gasteiger partial charge in [0.2, 0.25) is 5.91 Å². The van der Waals surface area contributed by atoms with Gasteiger partial charge in [-0.2, -0.15) is 0 Å². The second kappa shape index (κ2) is 13.1. The van der Waals surface area contributed by atoms with Gasteiger partial charge in [0.05, 0.1) is 18.0 Å². The maximum atomic E-state index is 15.0. The van der Waals surface area contributed by atoms with Crippen molar-refractivity contribution >= 4 is 21.4 Å². The number of primary amides is 1. The Balaban J connectivity index is 1.49. The van der Waals surface area contributed by atoms with Crippen molar-refractivity contribution in [3.63, 3.8) is 0 Å². The Labute approximate surface area is 228 Å². The minimum Gasteiger partial charge on any atom is -0.486 e. The van der Waals surface area contributed by atoms with Crippen LogP contribution >= 0.6 is 0 Å². The van der Waals surface area contributed by atoms with E-state index in [-0.39, 0.29) is 30.3 Å². The van der Waals surface area contributed by atoms with Gasteiger partial charge in [0, 0.05) is 24.8 Å². The Bertz CT molecular complexity index is 1290. The smallest absolute Gasteiger partial charge is 0.240 e. The van der Waals surface area contributed by atoms with Gasteiger partial charge in [0.1, 0.15) is 28.6 Å². The van der Waals surface area contributed by atoms with Crippen molar-refractivity contribution in [1.82, 2.24) is 5.32 Å². The quantitative estimate of drug-likeness (QED) is 0.314. The fraction of sp³-hybridized carbons (Fsp3) is 0.345. The van der Waals surface area contributed by atoms with E-state index in [2.05, 4.69) is 10.6 Å². The number of para-hydroxylation sites is 1. The zero-order valence-corrected chi connectivity index (χ0v) is 22.6. The lowest BCUT2D eigenvalue weighted by atomic mass is 9.84. The Morgan fingerprint density at radius 2 is 1.72 bits per heavy atom. The van der Waals surface area contributed by atoms with E-state index in [9.17, 15) is 17.6 Å². The maximum absolute atomic E-state index is 15.0. The van der Waals surface area contributed by atoms with Crippen LogP contribution in [0, 0.1) is 5.82 Å². The number of anilines is 1. The van der Waals surface area contributed by atoms with Gasteiger partial charge >= 0.3 is 0 Å². The molecule has 39 heavy (non-hydrogen) atoms. The van der Waals surface area contributed by atoms with Crippen LogP contribution in [0.25, 0.3) is 0 Å². The number of rotatable bonds is 12. The molecule has 208 valence electrons. The summed E-state index contributed by atoms with van der Waals surface area (Å²) >= 11 is 0. The first-order valence-corrected chi connectivity index (χ1v) is 14.9. The van der Waals surface area contributed by atoms with E-state index < -0.39 is 33.5 Å². The summed E-state index contributed by atoms with van der Waals surface area (Å²) in [6.45, 7) is 0.814. The minimum atomic E-state index is -3.05. The number of ether oxygens (including phenoxy) is 2. The molecule has 1 amide bonds. The van der Waals surface area contributed by atoms with E-state index >= 15 is 0 Å². The molecule has 0 radical (unpaired) electrons. The van der Waals surface area contributed by atoms with Gasteiger partial charge in [-0.1, -0.05) is 66.7 Å². The standard InChI is InChI=1S/C29H34FN3O5S/c1-39(35,36)16-15-22-18-37-23(17-32-22)19-38-28-24(30)13-8-14-25(28)33-27(29(31)34)26(20-9-4-2-5-10-20)21-11-6-3-7-12-21/h2-14,22-23,26-27,32-33H,15-19H2,1H3,(H2,31,34)/t22-,23+,27+/m1/s1. The van der Waals surface area contributed by atoms with Gasteiger partial charge in [-0.15, -0.1) is 0 Å². The molecule has 1 fully saturated rings. The van der Waals surface area contributed by atoms with E-state index in [1.54, 1.807) is 6.07 Å². The van der Waals surface area contributed by atoms with Crippen molar-refractivity contribution < 1.29 is 27.1 Å². The molecule has 1 heterocycles. The molecule has 0 bridgehead atoms. The summed E-state index contributed by atoms with van der Waals surface area (Å²) in [5.41, 5.74) is 7.96. The van der Waals surface area contributed by atoms with Crippen LogP contribution in [-0.4, -0.2) is 64.3 Å². The third-order valence-electron chi connectivity index (χ3n) is 6.65. The number of hydrogen-bond donors (Lipinski definition) is 3. The molecule has 0 saturated carbocycles. The van der Waals surface area contributed by atoms with Gasteiger partial charge in [-0.05, 0) is 29.7 Å². The summed E-state index contributed by atoms with van der Waals surface area (Å²) in [5.74, 6) is -1.58. The van der Waals surface area contributed by atoms with Crippen LogP contribution in [0.1, 0.15) is 23.5 Å². The highest BCUT2D eigenvalue weighted by Crippen LogP contribution is 2.34. The molecule has 1 saturated heterocycles. The van der Waals surface area contributed by atoms with Gasteiger partial charge in [-0.25, -0.2) is 12.8 Å². The molecule has 10 heteroatoms. The average Bonchev–Trinajstić information content (AvgIpc) is 2.92. The molecular weight excluding hydrogens is 521 g/mol. The van der Waals surface area contributed by atoms with E-state index in [1.807, 2.05) is 60.7 Å². The molecule has 3 atom stereocenters. The fourth-order valence-corrected chi connectivity index (χ4v) is 5.36. The normalized spacial score (nSPS) is 18.4. The second-order valence-corrected chi connectivity index (χ2v) is 12.0. The topological polar surface area (TPSA) is 120 Å². The molecule has 4 N–H and O–H groups in total. The molecule has 1 aliphatic rings. The van der Waals surface area contributed by atoms with Crippen LogP contribution in [0.4, 0.5) is 10.1 Å². The summed E-state index contributed by atoms with van der Waals surface area (Å²) < 4.78 is 49.5.